The Balaban J connectivity index is 0.636. The first-order valence-electron chi connectivity index (χ1n) is 25.4. The van der Waals surface area contributed by atoms with Gasteiger partial charge in [0.1, 0.15) is 11.8 Å². The molecule has 5 aliphatic heterocycles. The van der Waals surface area contributed by atoms with Gasteiger partial charge in [0, 0.05) is 89.8 Å². The minimum Gasteiger partial charge on any atom is -0.493 e. The summed E-state index contributed by atoms with van der Waals surface area (Å²) in [4.78, 5) is 90.4. The van der Waals surface area contributed by atoms with E-state index < -0.39 is 29.7 Å². The number of unbranched alkanes of at least 4 members (excludes halogenated alkanes) is 6. The zero-order valence-corrected chi connectivity index (χ0v) is 39.9. The highest BCUT2D eigenvalue weighted by Gasteiger charge is 2.46. The van der Waals surface area contributed by atoms with Crippen LogP contribution >= 0.6 is 0 Å². The minimum atomic E-state index is -0.997. The van der Waals surface area contributed by atoms with Crippen LogP contribution in [0, 0.1) is 5.92 Å². The van der Waals surface area contributed by atoms with E-state index in [0.29, 0.717) is 36.6 Å². The van der Waals surface area contributed by atoms with Crippen LogP contribution in [-0.4, -0.2) is 154 Å². The summed E-state index contributed by atoms with van der Waals surface area (Å²) in [5, 5.41) is 14.1. The van der Waals surface area contributed by atoms with Crippen LogP contribution in [-0.2, 0) is 14.4 Å². The first-order chi connectivity index (χ1) is 33.7. The summed E-state index contributed by atoms with van der Waals surface area (Å²) in [6, 6.07) is 12.1. The molecular weight excluding hydrogens is 877 g/mol. The van der Waals surface area contributed by atoms with Gasteiger partial charge < -0.3 is 24.8 Å². The number of anilines is 1. The number of hydrogen-bond acceptors (Lipinski definition) is 13. The van der Waals surface area contributed by atoms with E-state index in [9.17, 15) is 28.8 Å². The number of nitrogens with one attached hydrogen (secondary N) is 2. The molecule has 1 unspecified atom stereocenters. The lowest BCUT2D eigenvalue weighted by Gasteiger charge is -2.43. The van der Waals surface area contributed by atoms with Gasteiger partial charge in [-0.05, 0) is 106 Å². The van der Waals surface area contributed by atoms with Crippen molar-refractivity contribution >= 4 is 47.3 Å². The number of aromatic nitrogens is 3. The molecule has 6 amide bonds. The number of ether oxygens (including phenoxy) is 1. The molecule has 1 atom stereocenters. The van der Waals surface area contributed by atoms with Gasteiger partial charge in [-0.3, -0.25) is 48.9 Å². The fraction of sp³-hybridized carbons (Fsp3) is 0.558. The van der Waals surface area contributed by atoms with E-state index in [1.807, 2.05) is 29.2 Å². The van der Waals surface area contributed by atoms with Crippen molar-refractivity contribution in [3.05, 3.63) is 83.3 Å². The molecule has 7 heterocycles. The summed E-state index contributed by atoms with van der Waals surface area (Å²) >= 11 is 0. The van der Waals surface area contributed by atoms with E-state index in [0.717, 1.165) is 146 Å². The number of carbonyl (C=O) groups excluding carboxylic acids is 6. The molecule has 17 nitrogen and oxygen atoms in total. The van der Waals surface area contributed by atoms with Crippen LogP contribution in [0.1, 0.15) is 133 Å². The maximum absolute atomic E-state index is 13.3. The Morgan fingerprint density at radius 3 is 2.29 bits per heavy atom. The molecule has 0 aliphatic carbocycles. The number of imide groups is 2. The molecule has 2 aromatic heterocycles. The van der Waals surface area contributed by atoms with E-state index in [2.05, 4.69) is 40.5 Å². The fourth-order valence-corrected chi connectivity index (χ4v) is 10.4. The highest BCUT2D eigenvalue weighted by molar-refractivity contribution is 6.24. The largest absolute Gasteiger partial charge is 0.493 e. The molecule has 2 N–H and O–H groups in total. The molecule has 1 aromatic carbocycles. The Kier molecular flexibility index (Phi) is 17.5. The van der Waals surface area contributed by atoms with Crippen LogP contribution in [0.2, 0.25) is 0 Å². The summed E-state index contributed by atoms with van der Waals surface area (Å²) in [6.45, 7) is 9.97. The zero-order chi connectivity index (χ0) is 48.0. The van der Waals surface area contributed by atoms with Crippen LogP contribution < -0.4 is 20.3 Å². The third-order valence-electron chi connectivity index (χ3n) is 14.5. The summed E-state index contributed by atoms with van der Waals surface area (Å²) in [5.41, 5.74) is 1.74. The number of carbonyl (C=O) groups is 6. The molecule has 368 valence electrons. The van der Waals surface area contributed by atoms with Crippen LogP contribution in [0.4, 0.5) is 5.82 Å². The Morgan fingerprint density at radius 2 is 1.55 bits per heavy atom. The van der Waals surface area contributed by atoms with Crippen LogP contribution in [0.5, 0.6) is 5.75 Å². The molecule has 69 heavy (non-hydrogen) atoms. The summed E-state index contributed by atoms with van der Waals surface area (Å²) in [7, 11) is 0. The Hall–Kier alpha value is -6.07. The molecule has 0 bridgehead atoms. The van der Waals surface area contributed by atoms with Crippen molar-refractivity contribution in [1.82, 2.24) is 45.4 Å². The maximum Gasteiger partial charge on any atom is 0.274 e. The Bertz CT molecular complexity index is 2270. The zero-order valence-electron chi connectivity index (χ0n) is 39.9. The van der Waals surface area contributed by atoms with Gasteiger partial charge in [0.05, 0.1) is 17.7 Å². The summed E-state index contributed by atoms with van der Waals surface area (Å²) in [5.74, 6) is -0.437. The molecule has 4 fully saturated rings. The highest BCUT2D eigenvalue weighted by atomic mass is 16.5. The fourth-order valence-electron chi connectivity index (χ4n) is 10.4. The third kappa shape index (κ3) is 13.2. The van der Waals surface area contributed by atoms with Crippen molar-refractivity contribution in [2.45, 2.75) is 108 Å². The number of piperazine rings is 1. The number of likely N-dealkylation sites (tertiary alicyclic amines) is 1. The molecule has 17 heteroatoms. The third-order valence-corrected chi connectivity index (χ3v) is 14.5. The van der Waals surface area contributed by atoms with Gasteiger partial charge in [0.25, 0.3) is 17.7 Å². The number of benzene rings is 1. The number of amides is 6. The van der Waals surface area contributed by atoms with Crippen molar-refractivity contribution in [3.63, 3.8) is 0 Å². The van der Waals surface area contributed by atoms with Crippen molar-refractivity contribution < 1.29 is 33.5 Å². The van der Waals surface area contributed by atoms with Crippen molar-refractivity contribution in [3.8, 4) is 5.75 Å². The van der Waals surface area contributed by atoms with Crippen LogP contribution in [0.25, 0.3) is 6.08 Å². The predicted octanol–water partition coefficient (Wildman–Crippen LogP) is 5.13. The first kappa shape index (κ1) is 49.4. The number of fused-ring (bicyclic) bond motifs is 1. The van der Waals surface area contributed by atoms with E-state index in [1.165, 1.54) is 12.8 Å². The SMILES string of the molecule is O=C(/C=C/c1cccnc1)NCCCCC1CCN(C(=O)c2ccc(N3CCC(N4CCN(CCCCCCCCOc5cccc6c5C(=O)N(C5CCC(=O)NC5=O)C6=O)CC4)CC3)nn2)CC1. The second kappa shape index (κ2) is 24.5. The number of hydrogen-bond donors (Lipinski definition) is 2. The van der Waals surface area contributed by atoms with Gasteiger partial charge in [-0.1, -0.05) is 50.7 Å². The minimum absolute atomic E-state index is 0.0376. The van der Waals surface area contributed by atoms with Crippen molar-refractivity contribution in [2.75, 3.05) is 77.0 Å². The molecule has 0 radical (unpaired) electrons. The second-order valence-electron chi connectivity index (χ2n) is 19.1. The van der Waals surface area contributed by atoms with Gasteiger partial charge in [0.15, 0.2) is 11.5 Å². The first-order valence-corrected chi connectivity index (χ1v) is 25.4. The van der Waals surface area contributed by atoms with Gasteiger partial charge >= 0.3 is 0 Å². The Morgan fingerprint density at radius 1 is 0.768 bits per heavy atom. The number of pyridine rings is 1. The van der Waals surface area contributed by atoms with Crippen LogP contribution in [0.3, 0.4) is 0 Å². The average Bonchev–Trinajstić information content (AvgIpc) is 3.64. The van der Waals surface area contributed by atoms with Crippen molar-refractivity contribution in [2.24, 2.45) is 5.92 Å². The van der Waals surface area contributed by atoms with Gasteiger partial charge in [-0.25, -0.2) is 0 Å². The lowest BCUT2D eigenvalue weighted by atomic mass is 9.91. The summed E-state index contributed by atoms with van der Waals surface area (Å²) < 4.78 is 6.00. The smallest absolute Gasteiger partial charge is 0.274 e. The molecule has 0 spiro atoms. The number of nitrogens with zero attached hydrogens (tertiary/aromatic N) is 8. The molecule has 0 saturated carbocycles. The average molecular weight is 945 g/mol. The maximum atomic E-state index is 13.3. The van der Waals surface area contributed by atoms with E-state index >= 15 is 0 Å². The molecular formula is C52H68N10O7. The monoisotopic (exact) mass is 945 g/mol. The van der Waals surface area contributed by atoms with Gasteiger partial charge in [-0.2, -0.15) is 0 Å². The second-order valence-corrected chi connectivity index (χ2v) is 19.1. The molecule has 8 rings (SSSR count). The van der Waals surface area contributed by atoms with Crippen molar-refractivity contribution in [1.29, 1.82) is 0 Å². The van der Waals surface area contributed by atoms with E-state index in [-0.39, 0.29) is 35.8 Å². The topological polar surface area (TPSA) is 191 Å². The molecule has 3 aromatic rings. The van der Waals surface area contributed by atoms with E-state index in [1.54, 1.807) is 42.7 Å². The van der Waals surface area contributed by atoms with E-state index in [4.69, 9.17) is 4.74 Å². The van der Waals surface area contributed by atoms with Crippen LogP contribution in [0.15, 0.2) is 60.9 Å². The lowest BCUT2D eigenvalue weighted by Crippen LogP contribution is -2.54. The van der Waals surface area contributed by atoms with Gasteiger partial charge in [0.2, 0.25) is 17.7 Å². The highest BCUT2D eigenvalue weighted by Crippen LogP contribution is 2.34. The standard InChI is InChI=1S/C52H68N10O7/c63-46(19-15-39-12-10-25-53-37-39)54-26-6-5-11-38-21-28-61(29-22-38)51(67)42-16-18-45(57-56-42)60-30-23-40(24-31-60)59-34-32-58(33-35-59)27-7-3-1-2-4-8-36-69-44-14-9-13-41-48(44)52(68)62(50(41)66)43-17-20-47(64)55-49(43)65/h9-10,12-16,18-19,25,37-38,40,43H,1-8,11,17,20-24,26-36H2,(H,54,63)(H,55,64,65)/b19-15+. The number of rotatable bonds is 21. The molecule has 5 aliphatic rings. The number of piperidine rings is 3. The lowest BCUT2D eigenvalue weighted by molar-refractivity contribution is -0.136. The summed E-state index contributed by atoms with van der Waals surface area (Å²) in [6.07, 6.45) is 20.7. The molecule has 4 saturated heterocycles. The van der Waals surface area contributed by atoms with Gasteiger partial charge in [-0.15, -0.1) is 10.2 Å². The Labute approximate surface area is 405 Å². The quantitative estimate of drug-likeness (QED) is 0.0813. The normalized spacial score (nSPS) is 19.9. The predicted molar refractivity (Wildman–Crippen MR) is 260 cm³/mol.